The summed E-state index contributed by atoms with van der Waals surface area (Å²) in [7, 11) is 0. The number of hydrogen-bond donors (Lipinski definition) is 0. The van der Waals surface area contributed by atoms with E-state index in [2.05, 4.69) is 0 Å². The standard InChI is InChI=1S/C13H18O3S/c1-9-7-12(10(2)17-9)13(14)8-16-11-3-5-15-6-4-11/h7,11H,3-6,8H2,1-2H3. The van der Waals surface area contributed by atoms with Gasteiger partial charge in [-0.1, -0.05) is 0 Å². The molecule has 0 aromatic carbocycles. The second-order valence-corrected chi connectivity index (χ2v) is 5.83. The van der Waals surface area contributed by atoms with Gasteiger partial charge in [0.25, 0.3) is 0 Å². The zero-order chi connectivity index (χ0) is 12.3. The van der Waals surface area contributed by atoms with Crippen molar-refractivity contribution in [3.05, 3.63) is 21.4 Å². The SMILES string of the molecule is Cc1cc(C(=O)COC2CCOCC2)c(C)s1. The zero-order valence-corrected chi connectivity index (χ0v) is 11.1. The fourth-order valence-corrected chi connectivity index (χ4v) is 2.96. The minimum absolute atomic E-state index is 0.0957. The monoisotopic (exact) mass is 254 g/mol. The van der Waals surface area contributed by atoms with Crippen LogP contribution >= 0.6 is 11.3 Å². The molecular formula is C13H18O3S. The van der Waals surface area contributed by atoms with Crippen molar-refractivity contribution in [1.82, 2.24) is 0 Å². The summed E-state index contributed by atoms with van der Waals surface area (Å²) in [5.74, 6) is 0.0957. The van der Waals surface area contributed by atoms with Gasteiger partial charge in [-0.15, -0.1) is 11.3 Å². The van der Waals surface area contributed by atoms with Gasteiger partial charge in [0.1, 0.15) is 6.61 Å². The topological polar surface area (TPSA) is 35.5 Å². The Bertz CT molecular complexity index is 391. The predicted molar refractivity (Wildman–Crippen MR) is 67.9 cm³/mol. The van der Waals surface area contributed by atoms with E-state index in [9.17, 15) is 4.79 Å². The molecule has 1 aromatic rings. The Balaban J connectivity index is 1.86. The second-order valence-electron chi connectivity index (χ2n) is 4.37. The largest absolute Gasteiger partial charge is 0.381 e. The molecule has 4 heteroatoms. The molecule has 0 unspecified atom stereocenters. The van der Waals surface area contributed by atoms with Crippen molar-refractivity contribution in [2.75, 3.05) is 19.8 Å². The summed E-state index contributed by atoms with van der Waals surface area (Å²) in [6, 6.07) is 1.95. The maximum Gasteiger partial charge on any atom is 0.189 e. The normalized spacial score (nSPS) is 17.3. The third-order valence-corrected chi connectivity index (χ3v) is 3.93. The molecule has 1 aliphatic rings. The van der Waals surface area contributed by atoms with E-state index in [1.165, 1.54) is 4.88 Å². The lowest BCUT2D eigenvalue weighted by molar-refractivity contribution is -0.0262. The molecule has 17 heavy (non-hydrogen) atoms. The third-order valence-electron chi connectivity index (χ3n) is 2.96. The van der Waals surface area contributed by atoms with Crippen LogP contribution in [0.5, 0.6) is 0 Å². The van der Waals surface area contributed by atoms with Crippen molar-refractivity contribution < 1.29 is 14.3 Å². The predicted octanol–water partition coefficient (Wildman–Crippen LogP) is 2.74. The Morgan fingerprint density at radius 3 is 2.76 bits per heavy atom. The van der Waals surface area contributed by atoms with Gasteiger partial charge in [0, 0.05) is 28.5 Å². The number of aryl methyl sites for hydroxylation is 2. The Kier molecular flexibility index (Phi) is 4.31. The number of carbonyl (C=O) groups excluding carboxylic acids is 1. The summed E-state index contributed by atoms with van der Waals surface area (Å²) in [6.45, 7) is 5.69. The summed E-state index contributed by atoms with van der Waals surface area (Å²) in [5.41, 5.74) is 0.819. The molecule has 0 aliphatic carbocycles. The molecule has 94 valence electrons. The molecule has 0 bridgehead atoms. The van der Waals surface area contributed by atoms with Crippen LogP contribution in [0.4, 0.5) is 0 Å². The lowest BCUT2D eigenvalue weighted by Gasteiger charge is -2.21. The number of rotatable bonds is 4. The van der Waals surface area contributed by atoms with E-state index in [4.69, 9.17) is 9.47 Å². The van der Waals surface area contributed by atoms with Crippen LogP contribution in [0.2, 0.25) is 0 Å². The van der Waals surface area contributed by atoms with Crippen LogP contribution in [0, 0.1) is 13.8 Å². The summed E-state index contributed by atoms with van der Waals surface area (Å²) in [6.07, 6.45) is 1.98. The molecule has 1 aromatic heterocycles. The Hall–Kier alpha value is -0.710. The fraction of sp³-hybridized carbons (Fsp3) is 0.615. The summed E-state index contributed by atoms with van der Waals surface area (Å²) >= 11 is 1.66. The van der Waals surface area contributed by atoms with E-state index in [-0.39, 0.29) is 18.5 Å². The molecular weight excluding hydrogens is 236 g/mol. The number of ether oxygens (including phenoxy) is 2. The van der Waals surface area contributed by atoms with Crippen molar-refractivity contribution in [2.45, 2.75) is 32.8 Å². The summed E-state index contributed by atoms with van der Waals surface area (Å²) in [4.78, 5) is 14.2. The van der Waals surface area contributed by atoms with Gasteiger partial charge in [-0.2, -0.15) is 0 Å². The van der Waals surface area contributed by atoms with Gasteiger partial charge < -0.3 is 9.47 Å². The highest BCUT2D eigenvalue weighted by Crippen LogP contribution is 2.21. The molecule has 1 aliphatic heterocycles. The first-order chi connectivity index (χ1) is 8.16. The Morgan fingerprint density at radius 1 is 1.47 bits per heavy atom. The van der Waals surface area contributed by atoms with Gasteiger partial charge in [-0.3, -0.25) is 4.79 Å². The lowest BCUT2D eigenvalue weighted by Crippen LogP contribution is -2.25. The van der Waals surface area contributed by atoms with Crippen LogP contribution < -0.4 is 0 Å². The van der Waals surface area contributed by atoms with E-state index in [1.807, 2.05) is 19.9 Å². The summed E-state index contributed by atoms with van der Waals surface area (Å²) < 4.78 is 10.9. The van der Waals surface area contributed by atoms with Gasteiger partial charge in [0.2, 0.25) is 0 Å². The minimum atomic E-state index is 0.0957. The highest BCUT2D eigenvalue weighted by atomic mass is 32.1. The molecule has 1 saturated heterocycles. The Labute approximate surface area is 106 Å². The smallest absolute Gasteiger partial charge is 0.189 e. The minimum Gasteiger partial charge on any atom is -0.381 e. The Morgan fingerprint density at radius 2 is 2.18 bits per heavy atom. The van der Waals surface area contributed by atoms with Crippen molar-refractivity contribution in [2.24, 2.45) is 0 Å². The molecule has 0 spiro atoms. The molecule has 0 atom stereocenters. The fourth-order valence-electron chi connectivity index (χ4n) is 2.02. The maximum atomic E-state index is 12.0. The maximum absolute atomic E-state index is 12.0. The highest BCUT2D eigenvalue weighted by molar-refractivity contribution is 7.12. The first-order valence-electron chi connectivity index (χ1n) is 5.96. The highest BCUT2D eigenvalue weighted by Gasteiger charge is 2.17. The van der Waals surface area contributed by atoms with E-state index >= 15 is 0 Å². The quantitative estimate of drug-likeness (QED) is 0.775. The molecule has 3 nitrogen and oxygen atoms in total. The first-order valence-corrected chi connectivity index (χ1v) is 6.78. The molecule has 2 rings (SSSR count). The van der Waals surface area contributed by atoms with Gasteiger partial charge in [-0.05, 0) is 32.8 Å². The molecule has 1 fully saturated rings. The number of hydrogen-bond acceptors (Lipinski definition) is 4. The lowest BCUT2D eigenvalue weighted by atomic mass is 10.1. The van der Waals surface area contributed by atoms with Crippen molar-refractivity contribution in [1.29, 1.82) is 0 Å². The van der Waals surface area contributed by atoms with Crippen LogP contribution in [-0.2, 0) is 9.47 Å². The van der Waals surface area contributed by atoms with Crippen LogP contribution in [0.25, 0.3) is 0 Å². The van der Waals surface area contributed by atoms with Crippen molar-refractivity contribution in [3.8, 4) is 0 Å². The molecule has 0 N–H and O–H groups in total. The average Bonchev–Trinajstić information content (AvgIpc) is 2.67. The van der Waals surface area contributed by atoms with E-state index in [0.717, 1.165) is 36.5 Å². The van der Waals surface area contributed by atoms with Gasteiger partial charge >= 0.3 is 0 Å². The van der Waals surface area contributed by atoms with Gasteiger partial charge in [-0.25, -0.2) is 0 Å². The zero-order valence-electron chi connectivity index (χ0n) is 10.3. The van der Waals surface area contributed by atoms with Crippen LogP contribution in [0.15, 0.2) is 6.07 Å². The van der Waals surface area contributed by atoms with E-state index in [0.29, 0.717) is 0 Å². The average molecular weight is 254 g/mol. The number of thiophene rings is 1. The van der Waals surface area contributed by atoms with Crippen LogP contribution in [0.3, 0.4) is 0 Å². The van der Waals surface area contributed by atoms with Gasteiger partial charge in [0.15, 0.2) is 5.78 Å². The second kappa shape index (κ2) is 5.76. The molecule has 2 heterocycles. The summed E-state index contributed by atoms with van der Waals surface area (Å²) in [5, 5.41) is 0. The van der Waals surface area contributed by atoms with Crippen molar-refractivity contribution in [3.63, 3.8) is 0 Å². The van der Waals surface area contributed by atoms with Crippen molar-refractivity contribution >= 4 is 17.1 Å². The molecule has 0 radical (unpaired) electrons. The van der Waals surface area contributed by atoms with E-state index in [1.54, 1.807) is 11.3 Å². The van der Waals surface area contributed by atoms with E-state index < -0.39 is 0 Å². The number of carbonyl (C=O) groups is 1. The first kappa shape index (κ1) is 12.7. The van der Waals surface area contributed by atoms with Gasteiger partial charge in [0.05, 0.1) is 6.10 Å². The molecule has 0 saturated carbocycles. The molecule has 0 amide bonds. The van der Waals surface area contributed by atoms with Crippen LogP contribution in [0.1, 0.15) is 33.0 Å². The third kappa shape index (κ3) is 3.37. The number of Topliss-reactive ketones (excluding diaryl/α,β-unsaturated/α-hetero) is 1. The van der Waals surface area contributed by atoms with Crippen LogP contribution in [-0.4, -0.2) is 31.7 Å². The number of ketones is 1.